The molecule has 0 aromatic heterocycles. The number of epoxide rings is 1. The molecular weight excluding hydrogens is 296 g/mol. The van der Waals surface area contributed by atoms with Crippen LogP contribution in [0.25, 0.3) is 0 Å². The molecule has 2 fully saturated rings. The quantitative estimate of drug-likeness (QED) is 0.602. The van der Waals surface area contributed by atoms with Gasteiger partial charge in [-0.1, -0.05) is 84.0 Å². The van der Waals surface area contributed by atoms with Crippen LogP contribution in [-0.4, -0.2) is 20.3 Å². The van der Waals surface area contributed by atoms with E-state index in [1.54, 1.807) is 10.4 Å². The molecule has 2 heteroatoms. The average molecular weight is 323 g/mol. The minimum atomic E-state index is -1.63. The van der Waals surface area contributed by atoms with Crippen molar-refractivity contribution in [2.75, 3.05) is 0 Å². The van der Waals surface area contributed by atoms with E-state index < -0.39 is 8.07 Å². The third-order valence-electron chi connectivity index (χ3n) is 5.99. The van der Waals surface area contributed by atoms with E-state index in [9.17, 15) is 0 Å². The molecule has 2 aromatic carbocycles. The smallest absolute Gasteiger partial charge is 0.115 e. The average Bonchev–Trinajstić information content (AvgIpc) is 3.40. The van der Waals surface area contributed by atoms with Gasteiger partial charge in [-0.2, -0.15) is 0 Å². The molecule has 1 saturated carbocycles. The molecule has 0 radical (unpaired) electrons. The fourth-order valence-electron chi connectivity index (χ4n) is 4.31. The summed E-state index contributed by atoms with van der Waals surface area (Å²) in [7, 11) is -1.63. The third kappa shape index (κ3) is 3.15. The molecule has 2 aliphatic rings. The van der Waals surface area contributed by atoms with E-state index in [2.05, 4.69) is 67.2 Å². The van der Waals surface area contributed by atoms with Gasteiger partial charge in [0, 0.05) is 0 Å². The summed E-state index contributed by atoms with van der Waals surface area (Å²) in [6.45, 7) is 2.55. The van der Waals surface area contributed by atoms with Crippen molar-refractivity contribution in [1.29, 1.82) is 0 Å². The molecular formula is C21H26OSi. The molecule has 1 aliphatic heterocycles. The summed E-state index contributed by atoms with van der Waals surface area (Å²) in [6, 6.07) is 23.8. The minimum absolute atomic E-state index is 0.607. The van der Waals surface area contributed by atoms with Gasteiger partial charge in [-0.3, -0.25) is 0 Å². The lowest BCUT2D eigenvalue weighted by molar-refractivity contribution is 0.357. The maximum Gasteiger partial charge on any atom is 0.115 e. The summed E-state index contributed by atoms with van der Waals surface area (Å²) in [5.41, 5.74) is 0. The highest BCUT2D eigenvalue weighted by molar-refractivity contribution is 7.01. The van der Waals surface area contributed by atoms with E-state index in [-0.39, 0.29) is 0 Å². The van der Waals surface area contributed by atoms with Crippen molar-refractivity contribution in [3.63, 3.8) is 0 Å². The van der Waals surface area contributed by atoms with Crippen molar-refractivity contribution in [3.8, 4) is 0 Å². The molecule has 1 aliphatic carbocycles. The van der Waals surface area contributed by atoms with Crippen LogP contribution in [0.5, 0.6) is 0 Å². The van der Waals surface area contributed by atoms with Gasteiger partial charge < -0.3 is 4.74 Å². The molecule has 120 valence electrons. The molecule has 3 unspecified atom stereocenters. The van der Waals surface area contributed by atoms with Gasteiger partial charge >= 0.3 is 0 Å². The first-order valence-electron chi connectivity index (χ1n) is 9.02. The number of rotatable bonds is 5. The normalized spacial score (nSPS) is 26.6. The molecule has 0 bridgehead atoms. The Morgan fingerprint density at radius 2 is 1.48 bits per heavy atom. The Morgan fingerprint density at radius 3 is 2.04 bits per heavy atom. The van der Waals surface area contributed by atoms with E-state index in [1.807, 2.05) is 0 Å². The predicted molar refractivity (Wildman–Crippen MR) is 99.2 cm³/mol. The zero-order valence-electron chi connectivity index (χ0n) is 13.9. The molecule has 3 atom stereocenters. The van der Waals surface area contributed by atoms with E-state index in [4.69, 9.17) is 4.74 Å². The highest BCUT2D eigenvalue weighted by Gasteiger charge is 2.44. The van der Waals surface area contributed by atoms with E-state index in [0.29, 0.717) is 12.2 Å². The van der Waals surface area contributed by atoms with Crippen LogP contribution in [0.2, 0.25) is 12.6 Å². The SMILES string of the molecule is C[Si](CCC1CCC2OC2C1)(c1ccccc1)c1ccccc1. The largest absolute Gasteiger partial charge is 0.370 e. The molecule has 0 N–H and O–H groups in total. The molecule has 2 aromatic rings. The number of fused-ring (bicyclic) bond motifs is 1. The Hall–Kier alpha value is -1.38. The first kappa shape index (κ1) is 15.2. The second-order valence-electron chi connectivity index (χ2n) is 7.49. The van der Waals surface area contributed by atoms with Gasteiger partial charge in [-0.15, -0.1) is 0 Å². The maximum absolute atomic E-state index is 5.72. The van der Waals surface area contributed by atoms with Crippen molar-refractivity contribution < 1.29 is 4.74 Å². The van der Waals surface area contributed by atoms with Gasteiger partial charge in [-0.05, 0) is 31.2 Å². The van der Waals surface area contributed by atoms with Gasteiger partial charge in [-0.25, -0.2) is 0 Å². The second-order valence-corrected chi connectivity index (χ2v) is 11.8. The van der Waals surface area contributed by atoms with Gasteiger partial charge in [0.2, 0.25) is 0 Å². The van der Waals surface area contributed by atoms with Gasteiger partial charge in [0.15, 0.2) is 0 Å². The Balaban J connectivity index is 1.55. The summed E-state index contributed by atoms with van der Waals surface area (Å²) in [4.78, 5) is 0. The first-order valence-corrected chi connectivity index (χ1v) is 11.7. The topological polar surface area (TPSA) is 12.5 Å². The number of ether oxygens (including phenoxy) is 1. The fourth-order valence-corrected chi connectivity index (χ4v) is 8.06. The van der Waals surface area contributed by atoms with Crippen molar-refractivity contribution in [2.45, 2.75) is 50.5 Å². The predicted octanol–water partition coefficient (Wildman–Crippen LogP) is 3.84. The lowest BCUT2D eigenvalue weighted by Crippen LogP contribution is -2.55. The monoisotopic (exact) mass is 322 g/mol. The van der Waals surface area contributed by atoms with E-state index in [0.717, 1.165) is 5.92 Å². The molecule has 4 rings (SSSR count). The van der Waals surface area contributed by atoms with Gasteiger partial charge in [0.25, 0.3) is 0 Å². The summed E-state index contributed by atoms with van der Waals surface area (Å²) in [5, 5.41) is 3.14. The van der Waals surface area contributed by atoms with Crippen LogP contribution in [0.4, 0.5) is 0 Å². The van der Waals surface area contributed by atoms with Crippen molar-refractivity contribution in [1.82, 2.24) is 0 Å². The number of benzene rings is 2. The second kappa shape index (κ2) is 6.25. The molecule has 1 saturated heterocycles. The Morgan fingerprint density at radius 1 is 0.870 bits per heavy atom. The molecule has 0 amide bonds. The van der Waals surface area contributed by atoms with Crippen LogP contribution < -0.4 is 10.4 Å². The summed E-state index contributed by atoms with van der Waals surface area (Å²) < 4.78 is 5.72. The summed E-state index contributed by atoms with van der Waals surface area (Å²) in [5.74, 6) is 0.873. The minimum Gasteiger partial charge on any atom is -0.370 e. The van der Waals surface area contributed by atoms with Crippen LogP contribution in [0, 0.1) is 5.92 Å². The molecule has 0 spiro atoms. The van der Waals surface area contributed by atoms with Crippen LogP contribution >= 0.6 is 0 Å². The summed E-state index contributed by atoms with van der Waals surface area (Å²) in [6.07, 6.45) is 6.56. The van der Waals surface area contributed by atoms with E-state index in [1.165, 1.54) is 31.7 Å². The molecule has 1 nitrogen and oxygen atoms in total. The van der Waals surface area contributed by atoms with Crippen LogP contribution in [0.1, 0.15) is 25.7 Å². The zero-order chi connectivity index (χ0) is 15.7. The zero-order valence-corrected chi connectivity index (χ0v) is 14.9. The van der Waals surface area contributed by atoms with Gasteiger partial charge in [0.1, 0.15) is 8.07 Å². The number of hydrogen-bond donors (Lipinski definition) is 0. The Bertz CT molecular complexity index is 600. The fraction of sp³-hybridized carbons (Fsp3) is 0.429. The van der Waals surface area contributed by atoms with Crippen LogP contribution in [-0.2, 0) is 4.74 Å². The van der Waals surface area contributed by atoms with Crippen LogP contribution in [0.3, 0.4) is 0 Å². The first-order chi connectivity index (χ1) is 11.3. The van der Waals surface area contributed by atoms with Crippen LogP contribution in [0.15, 0.2) is 60.7 Å². The highest BCUT2D eigenvalue weighted by Crippen LogP contribution is 2.41. The molecule has 1 heterocycles. The van der Waals surface area contributed by atoms with E-state index >= 15 is 0 Å². The maximum atomic E-state index is 5.72. The van der Waals surface area contributed by atoms with Crippen molar-refractivity contribution in [3.05, 3.63) is 60.7 Å². The third-order valence-corrected chi connectivity index (χ3v) is 10.5. The Kier molecular flexibility index (Phi) is 4.12. The lowest BCUT2D eigenvalue weighted by atomic mass is 9.87. The lowest BCUT2D eigenvalue weighted by Gasteiger charge is -2.31. The van der Waals surface area contributed by atoms with Crippen molar-refractivity contribution >= 4 is 18.4 Å². The summed E-state index contributed by atoms with van der Waals surface area (Å²) >= 11 is 0. The van der Waals surface area contributed by atoms with Crippen molar-refractivity contribution in [2.24, 2.45) is 5.92 Å². The Labute approximate surface area is 140 Å². The standard InChI is InChI=1S/C21H26OSi/c1-23(18-8-4-2-5-9-18,19-10-6-3-7-11-19)15-14-17-12-13-20-21(16-17)22-20/h2-11,17,20-21H,12-16H2,1H3. The highest BCUT2D eigenvalue weighted by atomic mass is 28.3. The molecule has 23 heavy (non-hydrogen) atoms. The number of hydrogen-bond acceptors (Lipinski definition) is 1. The van der Waals surface area contributed by atoms with Gasteiger partial charge in [0.05, 0.1) is 12.2 Å².